The quantitative estimate of drug-likeness (QED) is 0.854. The van der Waals surface area contributed by atoms with Crippen LogP contribution in [0.4, 0.5) is 5.69 Å². The van der Waals surface area contributed by atoms with Gasteiger partial charge in [-0.3, -0.25) is 4.79 Å². The molecule has 1 amide bonds. The summed E-state index contributed by atoms with van der Waals surface area (Å²) in [6, 6.07) is 4.76. The van der Waals surface area contributed by atoms with Crippen LogP contribution in [0.25, 0.3) is 11.0 Å². The fourth-order valence-electron chi connectivity index (χ4n) is 1.72. The van der Waals surface area contributed by atoms with E-state index in [4.69, 9.17) is 13.9 Å². The molecule has 1 heterocycles. The van der Waals surface area contributed by atoms with Crippen LogP contribution < -0.4 is 20.4 Å². The number of rotatable bonds is 3. The highest BCUT2D eigenvalue weighted by Gasteiger charge is 2.11. The van der Waals surface area contributed by atoms with Gasteiger partial charge < -0.3 is 19.2 Å². The molecule has 0 aliphatic rings. The second-order valence-corrected chi connectivity index (χ2v) is 3.87. The van der Waals surface area contributed by atoms with Crippen molar-refractivity contribution in [2.45, 2.75) is 6.92 Å². The zero-order valence-electron chi connectivity index (χ0n) is 10.8. The van der Waals surface area contributed by atoms with E-state index in [0.29, 0.717) is 22.5 Å². The maximum absolute atomic E-state index is 11.7. The Balaban J connectivity index is 2.65. The van der Waals surface area contributed by atoms with Crippen LogP contribution in [0.1, 0.15) is 6.92 Å². The molecule has 2 rings (SSSR count). The molecule has 0 radical (unpaired) electrons. The van der Waals surface area contributed by atoms with Crippen LogP contribution in [0.3, 0.4) is 0 Å². The number of ether oxygens (including phenoxy) is 2. The summed E-state index contributed by atoms with van der Waals surface area (Å²) in [6.45, 7) is 1.32. The van der Waals surface area contributed by atoms with Crippen molar-refractivity contribution in [1.29, 1.82) is 0 Å². The van der Waals surface area contributed by atoms with Gasteiger partial charge in [-0.05, 0) is 12.1 Å². The van der Waals surface area contributed by atoms with E-state index in [-0.39, 0.29) is 11.6 Å². The largest absolute Gasteiger partial charge is 0.493 e. The minimum absolute atomic E-state index is 0.0900. The average Bonchev–Trinajstić information content (AvgIpc) is 2.37. The second kappa shape index (κ2) is 5.01. The van der Waals surface area contributed by atoms with Crippen molar-refractivity contribution in [2.75, 3.05) is 19.5 Å². The number of hydrogen-bond acceptors (Lipinski definition) is 5. The van der Waals surface area contributed by atoms with Gasteiger partial charge in [-0.2, -0.15) is 0 Å². The number of fused-ring (bicyclic) bond motifs is 1. The standard InChI is InChI=1S/C13H13NO5/c1-7(15)14-9-4-8-5-11(17-2)12(18-3)6-10(8)19-13(9)16/h4-6H,1-3H3,(H,14,15). The summed E-state index contributed by atoms with van der Waals surface area (Å²) < 4.78 is 15.4. The zero-order valence-corrected chi connectivity index (χ0v) is 10.8. The van der Waals surface area contributed by atoms with Crippen LogP contribution in [0.2, 0.25) is 0 Å². The Kier molecular flexibility index (Phi) is 3.41. The molecule has 0 aliphatic heterocycles. The van der Waals surface area contributed by atoms with Crippen molar-refractivity contribution < 1.29 is 18.7 Å². The van der Waals surface area contributed by atoms with Gasteiger partial charge in [-0.25, -0.2) is 4.79 Å². The van der Waals surface area contributed by atoms with Gasteiger partial charge in [-0.1, -0.05) is 0 Å². The number of hydrogen-bond donors (Lipinski definition) is 1. The van der Waals surface area contributed by atoms with Crippen molar-refractivity contribution in [3.05, 3.63) is 28.6 Å². The maximum atomic E-state index is 11.7. The Labute approximate surface area is 108 Å². The number of benzene rings is 1. The minimum Gasteiger partial charge on any atom is -0.493 e. The highest BCUT2D eigenvalue weighted by atomic mass is 16.5. The Bertz CT molecular complexity index is 689. The Morgan fingerprint density at radius 2 is 1.79 bits per heavy atom. The number of carbonyl (C=O) groups excluding carboxylic acids is 1. The molecule has 0 unspecified atom stereocenters. The maximum Gasteiger partial charge on any atom is 0.360 e. The Morgan fingerprint density at radius 1 is 1.16 bits per heavy atom. The van der Waals surface area contributed by atoms with Gasteiger partial charge in [0.1, 0.15) is 11.3 Å². The van der Waals surface area contributed by atoms with Crippen molar-refractivity contribution in [2.24, 2.45) is 0 Å². The first kappa shape index (κ1) is 12.9. The van der Waals surface area contributed by atoms with Gasteiger partial charge >= 0.3 is 5.63 Å². The second-order valence-electron chi connectivity index (χ2n) is 3.87. The summed E-state index contributed by atoms with van der Waals surface area (Å²) in [5, 5.41) is 3.04. The van der Waals surface area contributed by atoms with Crippen LogP contribution in [0.5, 0.6) is 11.5 Å². The third-order valence-corrected chi connectivity index (χ3v) is 2.55. The third-order valence-electron chi connectivity index (χ3n) is 2.55. The number of methoxy groups -OCH3 is 2. The molecular formula is C13H13NO5. The average molecular weight is 263 g/mol. The number of nitrogens with one attached hydrogen (secondary N) is 1. The fraction of sp³-hybridized carbons (Fsp3) is 0.231. The molecule has 19 heavy (non-hydrogen) atoms. The molecule has 0 bridgehead atoms. The molecule has 100 valence electrons. The molecule has 0 aliphatic carbocycles. The Hall–Kier alpha value is -2.50. The smallest absolute Gasteiger partial charge is 0.360 e. The molecule has 0 saturated carbocycles. The van der Waals surface area contributed by atoms with Crippen molar-refractivity contribution >= 4 is 22.6 Å². The summed E-state index contributed by atoms with van der Waals surface area (Å²) in [5.41, 5.74) is -0.168. The van der Waals surface area contributed by atoms with E-state index >= 15 is 0 Å². The number of amides is 1. The molecule has 6 nitrogen and oxygen atoms in total. The van der Waals surface area contributed by atoms with E-state index < -0.39 is 5.63 Å². The van der Waals surface area contributed by atoms with E-state index in [1.165, 1.54) is 27.2 Å². The van der Waals surface area contributed by atoms with Crippen LogP contribution >= 0.6 is 0 Å². The normalized spacial score (nSPS) is 10.3. The predicted octanol–water partition coefficient (Wildman–Crippen LogP) is 1.77. The van der Waals surface area contributed by atoms with Gasteiger partial charge in [0.25, 0.3) is 0 Å². The predicted molar refractivity (Wildman–Crippen MR) is 69.9 cm³/mol. The molecule has 1 aromatic heterocycles. The van der Waals surface area contributed by atoms with Crippen molar-refractivity contribution in [1.82, 2.24) is 0 Å². The number of carbonyl (C=O) groups is 1. The molecule has 0 spiro atoms. The van der Waals surface area contributed by atoms with Gasteiger partial charge in [0.2, 0.25) is 5.91 Å². The highest BCUT2D eigenvalue weighted by Crippen LogP contribution is 2.32. The first-order valence-electron chi connectivity index (χ1n) is 5.52. The zero-order chi connectivity index (χ0) is 14.0. The van der Waals surface area contributed by atoms with Crippen LogP contribution in [0.15, 0.2) is 27.4 Å². The van der Waals surface area contributed by atoms with E-state index in [1.807, 2.05) is 0 Å². The van der Waals surface area contributed by atoms with E-state index in [2.05, 4.69) is 5.32 Å². The molecule has 6 heteroatoms. The van der Waals surface area contributed by atoms with Crippen LogP contribution in [0, 0.1) is 0 Å². The first-order chi connectivity index (χ1) is 9.05. The summed E-state index contributed by atoms with van der Waals surface area (Å²) in [4.78, 5) is 22.7. The van der Waals surface area contributed by atoms with Crippen molar-refractivity contribution in [3.63, 3.8) is 0 Å². The highest BCUT2D eigenvalue weighted by molar-refractivity contribution is 5.91. The van der Waals surface area contributed by atoms with Crippen LogP contribution in [-0.4, -0.2) is 20.1 Å². The molecule has 2 aromatic rings. The van der Waals surface area contributed by atoms with E-state index in [9.17, 15) is 9.59 Å². The number of anilines is 1. The van der Waals surface area contributed by atoms with Crippen molar-refractivity contribution in [3.8, 4) is 11.5 Å². The molecule has 0 atom stereocenters. The molecule has 0 fully saturated rings. The van der Waals surface area contributed by atoms with Gasteiger partial charge in [0.15, 0.2) is 11.5 Å². The summed E-state index contributed by atoms with van der Waals surface area (Å²) in [5.74, 6) is 0.634. The van der Waals surface area contributed by atoms with E-state index in [0.717, 1.165) is 0 Å². The summed E-state index contributed by atoms with van der Waals surface area (Å²) in [7, 11) is 3.00. The first-order valence-corrected chi connectivity index (χ1v) is 5.52. The molecular weight excluding hydrogens is 250 g/mol. The summed E-state index contributed by atoms with van der Waals surface area (Å²) in [6.07, 6.45) is 0. The SMILES string of the molecule is COc1cc2cc(NC(C)=O)c(=O)oc2cc1OC. The third kappa shape index (κ3) is 2.52. The lowest BCUT2D eigenvalue weighted by molar-refractivity contribution is -0.114. The fourth-order valence-corrected chi connectivity index (χ4v) is 1.72. The van der Waals surface area contributed by atoms with Crippen LogP contribution in [-0.2, 0) is 4.79 Å². The lowest BCUT2D eigenvalue weighted by atomic mass is 10.2. The molecule has 1 aromatic carbocycles. The lowest BCUT2D eigenvalue weighted by Crippen LogP contribution is -2.14. The monoisotopic (exact) mass is 263 g/mol. The topological polar surface area (TPSA) is 77.8 Å². The molecule has 0 saturated heterocycles. The van der Waals surface area contributed by atoms with E-state index in [1.54, 1.807) is 12.1 Å². The Morgan fingerprint density at radius 3 is 2.37 bits per heavy atom. The minimum atomic E-state index is -0.616. The van der Waals surface area contributed by atoms with Gasteiger partial charge in [-0.15, -0.1) is 0 Å². The lowest BCUT2D eigenvalue weighted by Gasteiger charge is -2.09. The van der Waals surface area contributed by atoms with Gasteiger partial charge in [0.05, 0.1) is 14.2 Å². The molecule has 1 N–H and O–H groups in total. The van der Waals surface area contributed by atoms with Gasteiger partial charge in [0, 0.05) is 18.4 Å². The summed E-state index contributed by atoms with van der Waals surface area (Å²) >= 11 is 0.